The molecule has 1 aliphatic carbocycles. The Morgan fingerprint density at radius 1 is 1.38 bits per heavy atom. The highest BCUT2D eigenvalue weighted by Crippen LogP contribution is 2.43. The highest BCUT2D eigenvalue weighted by atomic mass is 16.1. The molecule has 0 N–H and O–H groups in total. The summed E-state index contributed by atoms with van der Waals surface area (Å²) < 4.78 is 0. The molecule has 0 bridgehead atoms. The number of nitrogens with zero attached hydrogens (tertiary/aromatic N) is 1. The lowest BCUT2D eigenvalue weighted by Gasteiger charge is -2.28. The van der Waals surface area contributed by atoms with Gasteiger partial charge in [0.1, 0.15) is 0 Å². The monoisotopic (exact) mass is 181 g/mol. The quantitative estimate of drug-likeness (QED) is 0.484. The van der Waals surface area contributed by atoms with Crippen LogP contribution in [0.25, 0.3) is 0 Å². The third-order valence-corrected chi connectivity index (χ3v) is 2.98. The van der Waals surface area contributed by atoms with E-state index in [9.17, 15) is 4.79 Å². The van der Waals surface area contributed by atoms with E-state index in [0.717, 1.165) is 0 Å². The molecule has 0 aromatic carbocycles. The van der Waals surface area contributed by atoms with E-state index in [4.69, 9.17) is 0 Å². The molecule has 1 aliphatic rings. The lowest BCUT2D eigenvalue weighted by molar-refractivity contribution is 0.245. The van der Waals surface area contributed by atoms with Gasteiger partial charge < -0.3 is 0 Å². The zero-order valence-corrected chi connectivity index (χ0v) is 8.68. The van der Waals surface area contributed by atoms with Crippen LogP contribution in [0.1, 0.15) is 46.0 Å². The Labute approximate surface area is 80.4 Å². The lowest BCUT2D eigenvalue weighted by Crippen LogP contribution is -2.22. The molecule has 1 rings (SSSR count). The van der Waals surface area contributed by atoms with Crippen LogP contribution >= 0.6 is 0 Å². The zero-order valence-electron chi connectivity index (χ0n) is 8.68. The third-order valence-electron chi connectivity index (χ3n) is 2.98. The maximum Gasteiger partial charge on any atom is 0.234 e. The van der Waals surface area contributed by atoms with Gasteiger partial charge in [-0.3, -0.25) is 0 Å². The van der Waals surface area contributed by atoms with E-state index in [-0.39, 0.29) is 0 Å². The molecule has 0 atom stereocenters. The zero-order chi connectivity index (χ0) is 9.73. The van der Waals surface area contributed by atoms with E-state index >= 15 is 0 Å². The molecule has 0 aromatic rings. The summed E-state index contributed by atoms with van der Waals surface area (Å²) in [7, 11) is 0. The van der Waals surface area contributed by atoms with E-state index in [1.807, 2.05) is 0 Å². The van der Waals surface area contributed by atoms with Crippen LogP contribution in [0.15, 0.2) is 4.99 Å². The minimum atomic E-state index is 0.339. The van der Waals surface area contributed by atoms with Crippen LogP contribution in [0.5, 0.6) is 0 Å². The van der Waals surface area contributed by atoms with Crippen LogP contribution in [0.3, 0.4) is 0 Å². The van der Waals surface area contributed by atoms with Crippen LogP contribution in [0.2, 0.25) is 0 Å². The summed E-state index contributed by atoms with van der Waals surface area (Å²) in [6, 6.07) is 0. The van der Waals surface area contributed by atoms with E-state index in [1.165, 1.54) is 32.1 Å². The average Bonchev–Trinajstić information content (AvgIpc) is 2.49. The first-order valence-corrected chi connectivity index (χ1v) is 5.22. The second-order valence-corrected chi connectivity index (χ2v) is 4.71. The Morgan fingerprint density at radius 3 is 2.46 bits per heavy atom. The minimum Gasteiger partial charge on any atom is -0.211 e. The number of hydrogen-bond donors (Lipinski definition) is 0. The number of isocyanates is 1. The molecule has 0 unspecified atom stereocenters. The lowest BCUT2D eigenvalue weighted by atomic mass is 9.79. The maximum atomic E-state index is 10.1. The number of aliphatic imine (C=N–C) groups is 1. The molecule has 0 aromatic heterocycles. The number of carbonyl (C=O) groups excluding carboxylic acids is 1. The van der Waals surface area contributed by atoms with Gasteiger partial charge in [0.05, 0.1) is 6.54 Å². The standard InChI is InChI=1S/C11H19NO/c1-10(2)7-11(8-12-9-13)5-3-4-6-11/h10H,3-8H2,1-2H3. The van der Waals surface area contributed by atoms with Gasteiger partial charge in [0, 0.05) is 0 Å². The van der Waals surface area contributed by atoms with Crippen molar-refractivity contribution in [3.8, 4) is 0 Å². The molecule has 0 saturated heterocycles. The molecular formula is C11H19NO. The Kier molecular flexibility index (Phi) is 3.68. The predicted molar refractivity (Wildman–Crippen MR) is 53.3 cm³/mol. The van der Waals surface area contributed by atoms with Crippen molar-refractivity contribution in [2.45, 2.75) is 46.0 Å². The third kappa shape index (κ3) is 2.96. The van der Waals surface area contributed by atoms with E-state index in [2.05, 4.69) is 18.8 Å². The molecule has 0 radical (unpaired) electrons. The van der Waals surface area contributed by atoms with Gasteiger partial charge >= 0.3 is 0 Å². The van der Waals surface area contributed by atoms with Gasteiger partial charge in [-0.05, 0) is 30.6 Å². The number of rotatable bonds is 4. The van der Waals surface area contributed by atoms with Crippen LogP contribution in [-0.4, -0.2) is 12.6 Å². The molecule has 2 nitrogen and oxygen atoms in total. The Hall–Kier alpha value is -0.620. The predicted octanol–water partition coefficient (Wildman–Crippen LogP) is 2.93. The second-order valence-electron chi connectivity index (χ2n) is 4.71. The van der Waals surface area contributed by atoms with E-state index in [0.29, 0.717) is 17.9 Å². The van der Waals surface area contributed by atoms with Gasteiger partial charge in [0.2, 0.25) is 6.08 Å². The van der Waals surface area contributed by atoms with Crippen LogP contribution < -0.4 is 0 Å². The molecule has 0 amide bonds. The summed E-state index contributed by atoms with van der Waals surface area (Å²) >= 11 is 0. The topological polar surface area (TPSA) is 29.4 Å². The molecule has 13 heavy (non-hydrogen) atoms. The normalized spacial score (nSPS) is 20.2. The van der Waals surface area contributed by atoms with E-state index in [1.54, 1.807) is 6.08 Å². The molecular weight excluding hydrogens is 162 g/mol. The van der Waals surface area contributed by atoms with Gasteiger partial charge in [-0.2, -0.15) is 0 Å². The van der Waals surface area contributed by atoms with Crippen molar-refractivity contribution in [3.63, 3.8) is 0 Å². The van der Waals surface area contributed by atoms with Gasteiger partial charge in [-0.15, -0.1) is 0 Å². The van der Waals surface area contributed by atoms with Gasteiger partial charge in [-0.1, -0.05) is 26.7 Å². The fourth-order valence-corrected chi connectivity index (χ4v) is 2.62. The number of hydrogen-bond acceptors (Lipinski definition) is 2. The molecule has 0 heterocycles. The van der Waals surface area contributed by atoms with Crippen molar-refractivity contribution in [2.24, 2.45) is 16.3 Å². The summed E-state index contributed by atoms with van der Waals surface area (Å²) in [4.78, 5) is 13.9. The van der Waals surface area contributed by atoms with Crippen molar-refractivity contribution in [2.75, 3.05) is 6.54 Å². The van der Waals surface area contributed by atoms with Gasteiger partial charge in [-0.25, -0.2) is 9.79 Å². The first-order valence-electron chi connectivity index (χ1n) is 5.22. The van der Waals surface area contributed by atoms with Crippen molar-refractivity contribution in [3.05, 3.63) is 0 Å². The van der Waals surface area contributed by atoms with E-state index < -0.39 is 0 Å². The summed E-state index contributed by atoms with van der Waals surface area (Å²) in [6.07, 6.45) is 7.98. The van der Waals surface area contributed by atoms with Crippen molar-refractivity contribution < 1.29 is 4.79 Å². The highest BCUT2D eigenvalue weighted by Gasteiger charge is 2.33. The largest absolute Gasteiger partial charge is 0.234 e. The smallest absolute Gasteiger partial charge is 0.211 e. The fraction of sp³-hybridized carbons (Fsp3) is 0.909. The summed E-state index contributed by atoms with van der Waals surface area (Å²) in [5.41, 5.74) is 0.339. The SMILES string of the molecule is CC(C)CC1(CN=C=O)CCCC1. The minimum absolute atomic E-state index is 0.339. The second kappa shape index (κ2) is 4.57. The first kappa shape index (κ1) is 10.5. The van der Waals surface area contributed by atoms with Gasteiger partial charge in [0.15, 0.2) is 0 Å². The van der Waals surface area contributed by atoms with Crippen LogP contribution in [0, 0.1) is 11.3 Å². The molecule has 2 heteroatoms. The Morgan fingerprint density at radius 2 is 2.00 bits per heavy atom. The summed E-state index contributed by atoms with van der Waals surface area (Å²) in [5.74, 6) is 0.708. The van der Waals surface area contributed by atoms with Gasteiger partial charge in [0.25, 0.3) is 0 Å². The summed E-state index contributed by atoms with van der Waals surface area (Å²) in [5, 5.41) is 0. The molecule has 0 aliphatic heterocycles. The van der Waals surface area contributed by atoms with Crippen molar-refractivity contribution in [1.29, 1.82) is 0 Å². The van der Waals surface area contributed by atoms with Crippen molar-refractivity contribution in [1.82, 2.24) is 0 Å². The molecule has 74 valence electrons. The molecule has 0 spiro atoms. The highest BCUT2D eigenvalue weighted by molar-refractivity contribution is 5.33. The molecule has 1 saturated carbocycles. The van der Waals surface area contributed by atoms with Crippen LogP contribution in [0.4, 0.5) is 0 Å². The van der Waals surface area contributed by atoms with Crippen molar-refractivity contribution >= 4 is 6.08 Å². The average molecular weight is 181 g/mol. The molecule has 1 fully saturated rings. The summed E-state index contributed by atoms with van der Waals surface area (Å²) in [6.45, 7) is 5.18. The Balaban J connectivity index is 2.57. The Bertz CT molecular complexity index is 198. The van der Waals surface area contributed by atoms with Crippen LogP contribution in [-0.2, 0) is 4.79 Å². The first-order chi connectivity index (χ1) is 6.18. The maximum absolute atomic E-state index is 10.1. The fourth-order valence-electron chi connectivity index (χ4n) is 2.62.